The normalized spacial score (nSPS) is 11.3. The van der Waals surface area contributed by atoms with Gasteiger partial charge in [-0.15, -0.1) is 0 Å². The van der Waals surface area contributed by atoms with E-state index in [2.05, 4.69) is 81.7 Å². The van der Waals surface area contributed by atoms with Crippen molar-refractivity contribution in [3.8, 4) is 34.5 Å². The Bertz CT molecular complexity index is 1830. The SMILES string of the molecule is CCCCCCOc1cc(OCCCNC(=S)NC)c2c(c1)c1cc(OCCCCCC)c(OCCCCCC)cc1c1cc(OCCCCCC)c(OCCCCCC)cc12. The van der Waals surface area contributed by atoms with Gasteiger partial charge in [-0.2, -0.15) is 0 Å². The average molecular weight is 875 g/mol. The van der Waals surface area contributed by atoms with Crippen LogP contribution in [0.1, 0.15) is 169 Å². The van der Waals surface area contributed by atoms with E-state index in [1.165, 1.54) is 64.2 Å². The van der Waals surface area contributed by atoms with E-state index in [9.17, 15) is 0 Å². The summed E-state index contributed by atoms with van der Waals surface area (Å²) >= 11 is 5.35. The number of fused-ring (bicyclic) bond motifs is 6. The third-order valence-corrected chi connectivity index (χ3v) is 11.8. The number of ether oxygens (including phenoxy) is 6. The predicted octanol–water partition coefficient (Wildman–Crippen LogP) is 14.8. The van der Waals surface area contributed by atoms with Crippen LogP contribution in [0.15, 0.2) is 36.4 Å². The third kappa shape index (κ3) is 16.7. The maximum Gasteiger partial charge on any atom is 0.166 e. The molecule has 0 aliphatic heterocycles. The summed E-state index contributed by atoms with van der Waals surface area (Å²) in [5.74, 6) is 4.71. The molecule has 0 bridgehead atoms. The molecule has 0 fully saturated rings. The summed E-state index contributed by atoms with van der Waals surface area (Å²) in [6.07, 6.45) is 23.4. The number of rotatable bonds is 35. The lowest BCUT2D eigenvalue weighted by Gasteiger charge is -2.21. The summed E-state index contributed by atoms with van der Waals surface area (Å²) < 4.78 is 40.0. The summed E-state index contributed by atoms with van der Waals surface area (Å²) in [5.41, 5.74) is 0. The quantitative estimate of drug-likeness (QED) is 0.0267. The Balaban J connectivity index is 1.97. The highest BCUT2D eigenvalue weighted by atomic mass is 32.1. The standard InChI is InChI=1S/C53H82N2O6S/c1-7-12-17-22-29-56-41-35-45-43-38-48(58-31-24-19-14-9-3)47(57-30-23-18-13-8-2)37-42(43)44-39-49(59-32-25-20-15-10-4)50(60-33-26-21-16-11-5)40-46(44)52(45)51(36-41)61-34-27-28-55-53(62)54-6/h35-40H,7-34H2,1-6H3,(H2,54,55,62). The fourth-order valence-corrected chi connectivity index (χ4v) is 7.93. The first-order chi connectivity index (χ1) is 30.5. The lowest BCUT2D eigenvalue weighted by atomic mass is 9.92. The van der Waals surface area contributed by atoms with E-state index in [0.717, 1.165) is 137 Å². The second-order valence-electron chi connectivity index (χ2n) is 16.8. The van der Waals surface area contributed by atoms with Crippen molar-refractivity contribution in [2.75, 3.05) is 53.2 Å². The van der Waals surface area contributed by atoms with Gasteiger partial charge in [-0.05, 0) is 108 Å². The van der Waals surface area contributed by atoms with Crippen LogP contribution >= 0.6 is 12.2 Å². The summed E-state index contributed by atoms with van der Waals surface area (Å²) in [6, 6.07) is 13.1. The molecule has 9 heteroatoms. The number of thiocarbonyl (C=S) groups is 1. The molecule has 4 aromatic carbocycles. The molecule has 0 heterocycles. The fourth-order valence-electron chi connectivity index (χ4n) is 7.83. The highest BCUT2D eigenvalue weighted by Gasteiger charge is 2.21. The Morgan fingerprint density at radius 3 is 1.13 bits per heavy atom. The Morgan fingerprint density at radius 2 is 0.726 bits per heavy atom. The van der Waals surface area contributed by atoms with Crippen molar-refractivity contribution in [2.45, 2.75) is 169 Å². The highest BCUT2D eigenvalue weighted by molar-refractivity contribution is 7.80. The molecule has 0 atom stereocenters. The molecule has 346 valence electrons. The van der Waals surface area contributed by atoms with Gasteiger partial charge in [-0.3, -0.25) is 0 Å². The number of unbranched alkanes of at least 4 members (excludes halogenated alkanes) is 15. The van der Waals surface area contributed by atoms with Crippen LogP contribution in [0.3, 0.4) is 0 Å². The van der Waals surface area contributed by atoms with E-state index in [4.69, 9.17) is 40.6 Å². The van der Waals surface area contributed by atoms with Crippen LogP contribution in [0.2, 0.25) is 0 Å². The minimum atomic E-state index is 0.505. The van der Waals surface area contributed by atoms with Gasteiger partial charge in [-0.1, -0.05) is 131 Å². The second-order valence-corrected chi connectivity index (χ2v) is 17.2. The summed E-state index contributed by atoms with van der Waals surface area (Å²) in [5, 5.41) is 13.2. The Morgan fingerprint density at radius 1 is 0.387 bits per heavy atom. The fraction of sp³-hybridized carbons (Fsp3) is 0.642. The molecular formula is C53H82N2O6S. The predicted molar refractivity (Wildman–Crippen MR) is 267 cm³/mol. The smallest absolute Gasteiger partial charge is 0.166 e. The largest absolute Gasteiger partial charge is 0.493 e. The Labute approximate surface area is 380 Å². The molecule has 0 aromatic heterocycles. The van der Waals surface area contributed by atoms with Crippen LogP contribution in [0.4, 0.5) is 0 Å². The molecule has 0 amide bonds. The zero-order valence-corrected chi connectivity index (χ0v) is 40.4. The highest BCUT2D eigenvalue weighted by Crippen LogP contribution is 2.48. The molecule has 0 aliphatic carbocycles. The zero-order valence-electron chi connectivity index (χ0n) is 39.6. The first kappa shape index (κ1) is 50.8. The molecular weight excluding hydrogens is 793 g/mol. The average Bonchev–Trinajstić information content (AvgIpc) is 3.28. The summed E-state index contributed by atoms with van der Waals surface area (Å²) in [6.45, 7) is 15.6. The molecule has 4 aromatic rings. The number of hydrogen-bond acceptors (Lipinski definition) is 7. The van der Waals surface area contributed by atoms with E-state index >= 15 is 0 Å². The van der Waals surface area contributed by atoms with Crippen molar-refractivity contribution in [1.82, 2.24) is 10.6 Å². The second kappa shape index (κ2) is 30.3. The Hall–Kier alpha value is -3.85. The molecule has 4 rings (SSSR count). The van der Waals surface area contributed by atoms with Gasteiger partial charge < -0.3 is 39.1 Å². The minimum Gasteiger partial charge on any atom is -0.493 e. The van der Waals surface area contributed by atoms with E-state index in [1.54, 1.807) is 0 Å². The maximum atomic E-state index is 6.81. The monoisotopic (exact) mass is 875 g/mol. The van der Waals surface area contributed by atoms with Gasteiger partial charge in [-0.25, -0.2) is 0 Å². The molecule has 0 radical (unpaired) electrons. The van der Waals surface area contributed by atoms with Crippen molar-refractivity contribution in [3.05, 3.63) is 36.4 Å². The van der Waals surface area contributed by atoms with Gasteiger partial charge in [0, 0.05) is 25.0 Å². The van der Waals surface area contributed by atoms with Gasteiger partial charge in [0.15, 0.2) is 28.1 Å². The minimum absolute atomic E-state index is 0.505. The molecule has 0 saturated carbocycles. The van der Waals surface area contributed by atoms with Gasteiger partial charge in [0.05, 0.1) is 39.6 Å². The molecule has 0 spiro atoms. The van der Waals surface area contributed by atoms with Crippen molar-refractivity contribution >= 4 is 49.6 Å². The van der Waals surface area contributed by atoms with Crippen LogP contribution in [0.25, 0.3) is 32.3 Å². The van der Waals surface area contributed by atoms with E-state index in [1.807, 2.05) is 7.05 Å². The Kier molecular flexibility index (Phi) is 24.8. The first-order valence-corrected chi connectivity index (χ1v) is 25.2. The topological polar surface area (TPSA) is 79.4 Å². The zero-order chi connectivity index (χ0) is 44.2. The van der Waals surface area contributed by atoms with Crippen LogP contribution in [0.5, 0.6) is 34.5 Å². The van der Waals surface area contributed by atoms with Crippen LogP contribution in [-0.2, 0) is 0 Å². The van der Waals surface area contributed by atoms with Crippen LogP contribution in [0, 0.1) is 0 Å². The van der Waals surface area contributed by atoms with Gasteiger partial charge in [0.25, 0.3) is 0 Å². The van der Waals surface area contributed by atoms with Gasteiger partial charge in [0.1, 0.15) is 11.5 Å². The number of nitrogens with one attached hydrogen (secondary N) is 2. The van der Waals surface area contributed by atoms with E-state index in [-0.39, 0.29) is 0 Å². The van der Waals surface area contributed by atoms with Gasteiger partial charge >= 0.3 is 0 Å². The molecule has 62 heavy (non-hydrogen) atoms. The number of benzene rings is 4. The third-order valence-electron chi connectivity index (χ3n) is 11.5. The lowest BCUT2D eigenvalue weighted by molar-refractivity contribution is 0.259. The van der Waals surface area contributed by atoms with E-state index in [0.29, 0.717) is 51.3 Å². The van der Waals surface area contributed by atoms with Crippen LogP contribution in [-0.4, -0.2) is 58.3 Å². The summed E-state index contributed by atoms with van der Waals surface area (Å²) in [4.78, 5) is 0. The lowest BCUT2D eigenvalue weighted by Crippen LogP contribution is -2.33. The van der Waals surface area contributed by atoms with Crippen molar-refractivity contribution in [1.29, 1.82) is 0 Å². The van der Waals surface area contributed by atoms with Crippen molar-refractivity contribution in [2.24, 2.45) is 0 Å². The van der Waals surface area contributed by atoms with Crippen molar-refractivity contribution in [3.63, 3.8) is 0 Å². The molecule has 0 aliphatic rings. The molecule has 8 nitrogen and oxygen atoms in total. The maximum absolute atomic E-state index is 6.81. The first-order valence-electron chi connectivity index (χ1n) is 24.8. The van der Waals surface area contributed by atoms with Crippen molar-refractivity contribution < 1.29 is 28.4 Å². The molecule has 0 saturated heterocycles. The molecule has 2 N–H and O–H groups in total. The van der Waals surface area contributed by atoms with Gasteiger partial charge in [0.2, 0.25) is 0 Å². The van der Waals surface area contributed by atoms with Crippen LogP contribution < -0.4 is 39.1 Å². The summed E-state index contributed by atoms with van der Waals surface area (Å²) in [7, 11) is 1.83. The number of hydrogen-bond donors (Lipinski definition) is 2. The van der Waals surface area contributed by atoms with E-state index < -0.39 is 0 Å². The molecule has 0 unspecified atom stereocenters.